The minimum absolute atomic E-state index is 0.0618. The number of nitrogens with zero attached hydrogens (tertiary/aromatic N) is 2. The van der Waals surface area contributed by atoms with Crippen molar-refractivity contribution in [3.8, 4) is 0 Å². The van der Waals surface area contributed by atoms with Crippen LogP contribution in [0.4, 0.5) is 5.82 Å². The molecule has 5 heteroatoms. The van der Waals surface area contributed by atoms with Crippen molar-refractivity contribution in [3.63, 3.8) is 0 Å². The summed E-state index contributed by atoms with van der Waals surface area (Å²) in [6.07, 6.45) is 2.29. The zero-order valence-electron chi connectivity index (χ0n) is 10.7. The minimum atomic E-state index is 0.0618. The fourth-order valence-electron chi connectivity index (χ4n) is 1.95. The summed E-state index contributed by atoms with van der Waals surface area (Å²) in [6.45, 7) is 5.56. The number of rotatable bonds is 4. The maximum absolute atomic E-state index is 11.3. The van der Waals surface area contributed by atoms with Gasteiger partial charge in [0.1, 0.15) is 5.82 Å². The van der Waals surface area contributed by atoms with E-state index in [1.807, 2.05) is 19.1 Å². The Balaban J connectivity index is 2.06. The highest BCUT2D eigenvalue weighted by Crippen LogP contribution is 2.18. The number of amides is 1. The van der Waals surface area contributed by atoms with Gasteiger partial charge in [0.05, 0.1) is 13.2 Å². The van der Waals surface area contributed by atoms with Crippen LogP contribution in [-0.4, -0.2) is 37.2 Å². The average Bonchev–Trinajstić information content (AvgIpc) is 2.46. The zero-order valence-corrected chi connectivity index (χ0v) is 10.7. The van der Waals surface area contributed by atoms with Crippen LogP contribution >= 0.6 is 0 Å². The first kappa shape index (κ1) is 12.8. The van der Waals surface area contributed by atoms with E-state index < -0.39 is 0 Å². The van der Waals surface area contributed by atoms with E-state index in [1.165, 1.54) is 0 Å². The molecule has 98 valence electrons. The Bertz CT molecular complexity index is 403. The van der Waals surface area contributed by atoms with Gasteiger partial charge in [0.15, 0.2) is 0 Å². The van der Waals surface area contributed by atoms with Gasteiger partial charge < -0.3 is 15.0 Å². The third-order valence-electron chi connectivity index (χ3n) is 2.98. The predicted molar refractivity (Wildman–Crippen MR) is 69.4 cm³/mol. The lowest BCUT2D eigenvalue weighted by Gasteiger charge is -2.29. The van der Waals surface area contributed by atoms with Crippen LogP contribution in [0.2, 0.25) is 0 Å². The molecule has 1 N–H and O–H groups in total. The standard InChI is InChI=1S/C13H19N3O2/c1-2-12(17)15-10-11-4-3-5-14-13(11)16-6-8-18-9-7-16/h3-5H,2,6-10H2,1H3,(H,15,17). The smallest absolute Gasteiger partial charge is 0.219 e. The summed E-state index contributed by atoms with van der Waals surface area (Å²) in [6, 6.07) is 3.91. The number of carbonyl (C=O) groups is 1. The van der Waals surface area contributed by atoms with Crippen molar-refractivity contribution in [2.24, 2.45) is 0 Å². The van der Waals surface area contributed by atoms with E-state index in [4.69, 9.17) is 4.74 Å². The Hall–Kier alpha value is -1.62. The number of hydrogen-bond acceptors (Lipinski definition) is 4. The first-order chi connectivity index (χ1) is 8.81. The fourth-order valence-corrected chi connectivity index (χ4v) is 1.95. The van der Waals surface area contributed by atoms with E-state index in [9.17, 15) is 4.79 Å². The molecule has 0 unspecified atom stereocenters. The predicted octanol–water partition coefficient (Wildman–Crippen LogP) is 0.944. The van der Waals surface area contributed by atoms with Gasteiger partial charge >= 0.3 is 0 Å². The van der Waals surface area contributed by atoms with Crippen molar-refractivity contribution < 1.29 is 9.53 Å². The van der Waals surface area contributed by atoms with Crippen molar-refractivity contribution in [2.75, 3.05) is 31.2 Å². The van der Waals surface area contributed by atoms with Crippen LogP contribution in [0, 0.1) is 0 Å². The molecule has 18 heavy (non-hydrogen) atoms. The second kappa shape index (κ2) is 6.35. The van der Waals surface area contributed by atoms with Crippen molar-refractivity contribution in [2.45, 2.75) is 19.9 Å². The molecule has 0 aromatic carbocycles. The molecular formula is C13H19N3O2. The van der Waals surface area contributed by atoms with E-state index in [0.29, 0.717) is 13.0 Å². The van der Waals surface area contributed by atoms with Crippen molar-refractivity contribution >= 4 is 11.7 Å². The maximum atomic E-state index is 11.3. The number of morpholine rings is 1. The molecule has 1 aliphatic rings. The van der Waals surface area contributed by atoms with Gasteiger partial charge in [-0.25, -0.2) is 4.98 Å². The molecule has 1 aliphatic heterocycles. The first-order valence-corrected chi connectivity index (χ1v) is 6.34. The normalized spacial score (nSPS) is 15.5. The SMILES string of the molecule is CCC(=O)NCc1cccnc1N1CCOCC1. The Kier molecular flexibility index (Phi) is 4.52. The van der Waals surface area contributed by atoms with Crippen LogP contribution in [0.3, 0.4) is 0 Å². The van der Waals surface area contributed by atoms with E-state index >= 15 is 0 Å². The van der Waals surface area contributed by atoms with Crippen LogP contribution in [0.15, 0.2) is 18.3 Å². The molecule has 0 aliphatic carbocycles. The molecule has 1 aromatic rings. The van der Waals surface area contributed by atoms with E-state index in [0.717, 1.165) is 37.7 Å². The Morgan fingerprint density at radius 3 is 3.00 bits per heavy atom. The van der Waals surface area contributed by atoms with Crippen molar-refractivity contribution in [3.05, 3.63) is 23.9 Å². The molecule has 5 nitrogen and oxygen atoms in total. The molecule has 0 atom stereocenters. The summed E-state index contributed by atoms with van der Waals surface area (Å²) in [5, 5.41) is 2.89. The van der Waals surface area contributed by atoms with Crippen LogP contribution in [0.25, 0.3) is 0 Å². The Morgan fingerprint density at radius 2 is 2.28 bits per heavy atom. The van der Waals surface area contributed by atoms with Gasteiger partial charge in [-0.05, 0) is 6.07 Å². The number of nitrogens with one attached hydrogen (secondary N) is 1. The molecule has 0 saturated carbocycles. The molecule has 2 rings (SSSR count). The van der Waals surface area contributed by atoms with Crippen LogP contribution in [-0.2, 0) is 16.1 Å². The van der Waals surface area contributed by atoms with Gasteiger partial charge in [-0.3, -0.25) is 4.79 Å². The second-order valence-electron chi connectivity index (χ2n) is 4.22. The monoisotopic (exact) mass is 249 g/mol. The molecule has 1 fully saturated rings. The second-order valence-corrected chi connectivity index (χ2v) is 4.22. The third kappa shape index (κ3) is 3.20. The molecule has 1 saturated heterocycles. The zero-order chi connectivity index (χ0) is 12.8. The summed E-state index contributed by atoms with van der Waals surface area (Å²) in [4.78, 5) is 17.9. The number of aromatic nitrogens is 1. The lowest BCUT2D eigenvalue weighted by atomic mass is 10.2. The highest BCUT2D eigenvalue weighted by molar-refractivity contribution is 5.75. The molecular weight excluding hydrogens is 230 g/mol. The van der Waals surface area contributed by atoms with Gasteiger partial charge in [0.2, 0.25) is 5.91 Å². The summed E-state index contributed by atoms with van der Waals surface area (Å²) in [5.74, 6) is 1.02. The summed E-state index contributed by atoms with van der Waals surface area (Å²) in [7, 11) is 0. The van der Waals surface area contributed by atoms with Gasteiger partial charge in [0, 0.05) is 37.8 Å². The first-order valence-electron chi connectivity index (χ1n) is 6.34. The van der Waals surface area contributed by atoms with Crippen LogP contribution < -0.4 is 10.2 Å². The molecule has 1 aromatic heterocycles. The maximum Gasteiger partial charge on any atom is 0.219 e. The van der Waals surface area contributed by atoms with Gasteiger partial charge in [-0.1, -0.05) is 13.0 Å². The van der Waals surface area contributed by atoms with Gasteiger partial charge in [-0.15, -0.1) is 0 Å². The number of anilines is 1. The Morgan fingerprint density at radius 1 is 1.50 bits per heavy atom. The minimum Gasteiger partial charge on any atom is -0.378 e. The highest BCUT2D eigenvalue weighted by Gasteiger charge is 2.15. The average molecular weight is 249 g/mol. The topological polar surface area (TPSA) is 54.5 Å². The lowest BCUT2D eigenvalue weighted by Crippen LogP contribution is -2.37. The number of carbonyl (C=O) groups excluding carboxylic acids is 1. The number of ether oxygens (including phenoxy) is 1. The fraction of sp³-hybridized carbons (Fsp3) is 0.538. The third-order valence-corrected chi connectivity index (χ3v) is 2.98. The lowest BCUT2D eigenvalue weighted by molar-refractivity contribution is -0.120. The van der Waals surface area contributed by atoms with E-state index in [1.54, 1.807) is 6.20 Å². The Labute approximate surface area is 107 Å². The van der Waals surface area contributed by atoms with Gasteiger partial charge in [-0.2, -0.15) is 0 Å². The van der Waals surface area contributed by atoms with Crippen LogP contribution in [0.1, 0.15) is 18.9 Å². The molecule has 2 heterocycles. The molecule has 0 radical (unpaired) electrons. The largest absolute Gasteiger partial charge is 0.378 e. The van der Waals surface area contributed by atoms with E-state index in [2.05, 4.69) is 15.2 Å². The van der Waals surface area contributed by atoms with Crippen LogP contribution in [0.5, 0.6) is 0 Å². The summed E-state index contributed by atoms with van der Waals surface area (Å²) >= 11 is 0. The quantitative estimate of drug-likeness (QED) is 0.863. The molecule has 0 spiro atoms. The summed E-state index contributed by atoms with van der Waals surface area (Å²) < 4.78 is 5.34. The number of pyridine rings is 1. The van der Waals surface area contributed by atoms with Crippen molar-refractivity contribution in [1.82, 2.24) is 10.3 Å². The van der Waals surface area contributed by atoms with Gasteiger partial charge in [0.25, 0.3) is 0 Å². The number of hydrogen-bond donors (Lipinski definition) is 1. The highest BCUT2D eigenvalue weighted by atomic mass is 16.5. The summed E-state index contributed by atoms with van der Waals surface area (Å²) in [5.41, 5.74) is 1.06. The molecule has 0 bridgehead atoms. The molecule has 1 amide bonds. The van der Waals surface area contributed by atoms with E-state index in [-0.39, 0.29) is 5.91 Å². The van der Waals surface area contributed by atoms with Crippen molar-refractivity contribution in [1.29, 1.82) is 0 Å².